The second-order valence-corrected chi connectivity index (χ2v) is 4.97. The Bertz CT molecular complexity index is 432. The lowest BCUT2D eigenvalue weighted by atomic mass is 10.0. The Morgan fingerprint density at radius 3 is 2.00 bits per heavy atom. The Kier molecular flexibility index (Phi) is 2.42. The van der Waals surface area contributed by atoms with Gasteiger partial charge >= 0.3 is 0 Å². The molecule has 0 N–H and O–H groups in total. The van der Waals surface area contributed by atoms with Gasteiger partial charge < -0.3 is 0 Å². The molecule has 0 aliphatic carbocycles. The molecule has 2 aromatic rings. The Labute approximate surface area is 89.2 Å². The van der Waals surface area contributed by atoms with E-state index in [1.54, 1.807) is 0 Å². The summed E-state index contributed by atoms with van der Waals surface area (Å²) in [5.74, 6) is 0. The normalized spacial score (nSPS) is 10.5. The number of hydrogen-bond donors (Lipinski definition) is 0. The predicted molar refractivity (Wildman–Crippen MR) is 64.0 cm³/mol. The second kappa shape index (κ2) is 3.58. The maximum atomic E-state index is 2.22. The number of hydrogen-bond acceptors (Lipinski definition) is 1. The van der Waals surface area contributed by atoms with Crippen LogP contribution in [0.1, 0.15) is 16.0 Å². The van der Waals surface area contributed by atoms with E-state index in [0.29, 0.717) is 0 Å². The summed E-state index contributed by atoms with van der Waals surface area (Å²) in [5.41, 5.74) is 4.14. The van der Waals surface area contributed by atoms with Crippen LogP contribution < -0.4 is 0 Å². The average Bonchev–Trinajstić information content (AvgIpc) is 2.51. The fourth-order valence-corrected chi connectivity index (χ4v) is 2.82. The lowest BCUT2D eigenvalue weighted by molar-refractivity contribution is 1.39. The Hall–Kier alpha value is -1.08. The third kappa shape index (κ3) is 1.60. The number of thiophene rings is 1. The van der Waals surface area contributed by atoms with Crippen LogP contribution in [0.2, 0.25) is 0 Å². The molecule has 0 saturated heterocycles. The smallest absolute Gasteiger partial charge is 0.0350 e. The van der Waals surface area contributed by atoms with Crippen LogP contribution in [0.15, 0.2) is 30.3 Å². The summed E-state index contributed by atoms with van der Waals surface area (Å²) in [7, 11) is 0. The minimum atomic E-state index is 1.37. The van der Waals surface area contributed by atoms with Gasteiger partial charge in [0.25, 0.3) is 0 Å². The van der Waals surface area contributed by atoms with Gasteiger partial charge in [-0.25, -0.2) is 0 Å². The first-order chi connectivity index (χ1) is 6.68. The van der Waals surface area contributed by atoms with Gasteiger partial charge in [-0.2, -0.15) is 0 Å². The third-order valence-electron chi connectivity index (χ3n) is 2.47. The SMILES string of the molecule is Cc1ccc(-c2c(C)cccc2C)s1. The van der Waals surface area contributed by atoms with Crippen molar-refractivity contribution in [1.29, 1.82) is 0 Å². The Morgan fingerprint density at radius 2 is 1.50 bits per heavy atom. The maximum Gasteiger partial charge on any atom is 0.0350 e. The van der Waals surface area contributed by atoms with Crippen LogP contribution in [-0.4, -0.2) is 0 Å². The highest BCUT2D eigenvalue weighted by atomic mass is 32.1. The molecule has 2 rings (SSSR count). The van der Waals surface area contributed by atoms with E-state index in [1.165, 1.54) is 26.4 Å². The second-order valence-electron chi connectivity index (χ2n) is 3.68. The van der Waals surface area contributed by atoms with Crippen molar-refractivity contribution in [1.82, 2.24) is 0 Å². The van der Waals surface area contributed by atoms with Crippen molar-refractivity contribution < 1.29 is 0 Å². The Balaban J connectivity index is 2.61. The fraction of sp³-hybridized carbons (Fsp3) is 0.231. The molecule has 0 fully saturated rings. The highest BCUT2D eigenvalue weighted by Crippen LogP contribution is 2.32. The van der Waals surface area contributed by atoms with Crippen LogP contribution in [0.25, 0.3) is 10.4 Å². The summed E-state index contributed by atoms with van der Waals surface area (Å²) in [6, 6.07) is 10.9. The summed E-state index contributed by atoms with van der Waals surface area (Å²) >= 11 is 1.87. The molecule has 0 radical (unpaired) electrons. The lowest BCUT2D eigenvalue weighted by Crippen LogP contribution is -1.84. The molecule has 1 aromatic carbocycles. The highest BCUT2D eigenvalue weighted by Gasteiger charge is 2.06. The zero-order chi connectivity index (χ0) is 10.1. The number of aryl methyl sites for hydroxylation is 3. The van der Waals surface area contributed by atoms with Crippen molar-refractivity contribution >= 4 is 11.3 Å². The summed E-state index contributed by atoms with van der Waals surface area (Å²) in [4.78, 5) is 2.76. The highest BCUT2D eigenvalue weighted by molar-refractivity contribution is 7.15. The minimum absolute atomic E-state index is 1.37. The van der Waals surface area contributed by atoms with Gasteiger partial charge in [-0.15, -0.1) is 11.3 Å². The number of benzene rings is 1. The maximum absolute atomic E-state index is 2.22. The molecule has 0 unspecified atom stereocenters. The molecule has 1 heterocycles. The summed E-state index contributed by atoms with van der Waals surface area (Å²) in [6.07, 6.45) is 0. The molecular formula is C13H14S. The quantitative estimate of drug-likeness (QED) is 0.645. The van der Waals surface area contributed by atoms with Gasteiger partial charge in [0.1, 0.15) is 0 Å². The average molecular weight is 202 g/mol. The monoisotopic (exact) mass is 202 g/mol. The zero-order valence-electron chi connectivity index (χ0n) is 8.79. The van der Waals surface area contributed by atoms with Crippen molar-refractivity contribution in [3.63, 3.8) is 0 Å². The first kappa shape index (κ1) is 9.47. The van der Waals surface area contributed by atoms with Crippen molar-refractivity contribution in [3.05, 3.63) is 46.3 Å². The minimum Gasteiger partial charge on any atom is -0.141 e. The largest absolute Gasteiger partial charge is 0.141 e. The summed E-state index contributed by atoms with van der Waals surface area (Å²) in [6.45, 7) is 6.51. The lowest BCUT2D eigenvalue weighted by Gasteiger charge is -2.06. The van der Waals surface area contributed by atoms with Crippen LogP contribution in [0.5, 0.6) is 0 Å². The molecule has 1 aromatic heterocycles. The summed E-state index contributed by atoms with van der Waals surface area (Å²) in [5, 5.41) is 0. The molecule has 0 nitrogen and oxygen atoms in total. The molecule has 72 valence electrons. The molecule has 0 aliphatic heterocycles. The molecule has 14 heavy (non-hydrogen) atoms. The fourth-order valence-electron chi connectivity index (χ4n) is 1.77. The van der Waals surface area contributed by atoms with E-state index in [9.17, 15) is 0 Å². The molecule has 0 spiro atoms. The van der Waals surface area contributed by atoms with Crippen LogP contribution in [-0.2, 0) is 0 Å². The van der Waals surface area contributed by atoms with E-state index in [-0.39, 0.29) is 0 Å². The topological polar surface area (TPSA) is 0 Å². The van der Waals surface area contributed by atoms with Crippen LogP contribution >= 0.6 is 11.3 Å². The van der Waals surface area contributed by atoms with E-state index < -0.39 is 0 Å². The van der Waals surface area contributed by atoms with Crippen molar-refractivity contribution in [3.8, 4) is 10.4 Å². The zero-order valence-corrected chi connectivity index (χ0v) is 9.61. The molecule has 0 saturated carbocycles. The number of rotatable bonds is 1. The summed E-state index contributed by atoms with van der Waals surface area (Å²) < 4.78 is 0. The molecule has 0 atom stereocenters. The molecule has 0 amide bonds. The molecular weight excluding hydrogens is 188 g/mol. The van der Waals surface area contributed by atoms with E-state index in [1.807, 2.05) is 11.3 Å². The first-order valence-electron chi connectivity index (χ1n) is 4.81. The van der Waals surface area contributed by atoms with Gasteiger partial charge in [0.15, 0.2) is 0 Å². The van der Waals surface area contributed by atoms with Gasteiger partial charge in [0.2, 0.25) is 0 Å². The standard InChI is InChI=1S/C13H14S/c1-9-5-4-6-10(2)13(9)12-8-7-11(3)14-12/h4-8H,1-3H3. The van der Waals surface area contributed by atoms with E-state index in [0.717, 1.165) is 0 Å². The van der Waals surface area contributed by atoms with Crippen LogP contribution in [0.3, 0.4) is 0 Å². The third-order valence-corrected chi connectivity index (χ3v) is 3.49. The van der Waals surface area contributed by atoms with E-state index >= 15 is 0 Å². The van der Waals surface area contributed by atoms with Crippen molar-refractivity contribution in [2.24, 2.45) is 0 Å². The van der Waals surface area contributed by atoms with E-state index in [4.69, 9.17) is 0 Å². The van der Waals surface area contributed by atoms with Crippen molar-refractivity contribution in [2.75, 3.05) is 0 Å². The van der Waals surface area contributed by atoms with Gasteiger partial charge in [0, 0.05) is 9.75 Å². The predicted octanol–water partition coefficient (Wildman–Crippen LogP) is 4.34. The molecule has 1 heteroatoms. The van der Waals surface area contributed by atoms with Gasteiger partial charge in [-0.1, -0.05) is 18.2 Å². The van der Waals surface area contributed by atoms with Crippen LogP contribution in [0, 0.1) is 20.8 Å². The van der Waals surface area contributed by atoms with Gasteiger partial charge in [-0.05, 0) is 49.6 Å². The Morgan fingerprint density at radius 1 is 0.857 bits per heavy atom. The van der Waals surface area contributed by atoms with Crippen LogP contribution in [0.4, 0.5) is 0 Å². The molecule has 0 aliphatic rings. The van der Waals surface area contributed by atoms with Crippen molar-refractivity contribution in [2.45, 2.75) is 20.8 Å². The first-order valence-corrected chi connectivity index (χ1v) is 5.63. The van der Waals surface area contributed by atoms with Gasteiger partial charge in [0.05, 0.1) is 0 Å². The van der Waals surface area contributed by atoms with Gasteiger partial charge in [-0.3, -0.25) is 0 Å². The van der Waals surface area contributed by atoms with E-state index in [2.05, 4.69) is 51.1 Å². The molecule has 0 bridgehead atoms.